The number of aromatic amines is 1. The first-order valence-electron chi connectivity index (χ1n) is 11.8. The number of imidazole rings is 1. The molecule has 0 fully saturated rings. The number of pyridine rings is 1. The van der Waals surface area contributed by atoms with Gasteiger partial charge in [0.25, 0.3) is 11.7 Å². The number of hydrogen-bond acceptors (Lipinski definition) is 7. The Balaban J connectivity index is 1.30. The van der Waals surface area contributed by atoms with Crippen molar-refractivity contribution in [1.82, 2.24) is 39.2 Å². The molecule has 5 heterocycles. The van der Waals surface area contributed by atoms with Crippen molar-refractivity contribution in [3.63, 3.8) is 0 Å². The summed E-state index contributed by atoms with van der Waals surface area (Å²) in [5.41, 5.74) is 3.98. The number of nitrogens with one attached hydrogen (secondary N) is 1. The van der Waals surface area contributed by atoms with E-state index in [-0.39, 0.29) is 12.1 Å². The zero-order valence-corrected chi connectivity index (χ0v) is 20.6. The van der Waals surface area contributed by atoms with Crippen LogP contribution in [0.3, 0.4) is 0 Å². The van der Waals surface area contributed by atoms with Crippen molar-refractivity contribution < 1.29 is 14.3 Å². The number of ketones is 1. The molecule has 0 unspecified atom stereocenters. The first-order chi connectivity index (χ1) is 17.9. The van der Waals surface area contributed by atoms with Gasteiger partial charge >= 0.3 is 0 Å². The zero-order valence-electron chi connectivity index (χ0n) is 20.6. The Bertz CT molecular complexity index is 1680. The Hall–Kier alpha value is -4.80. The summed E-state index contributed by atoms with van der Waals surface area (Å²) in [5, 5.41) is 4.78. The summed E-state index contributed by atoms with van der Waals surface area (Å²) in [6.45, 7) is 5.02. The van der Waals surface area contributed by atoms with E-state index in [1.807, 2.05) is 18.3 Å². The molecular formula is C26H24N8O3. The second-order valence-corrected chi connectivity index (χ2v) is 8.98. The predicted octanol–water partition coefficient (Wildman–Crippen LogP) is 2.86. The topological polar surface area (TPSA) is 124 Å². The predicted molar refractivity (Wildman–Crippen MR) is 134 cm³/mol. The van der Waals surface area contributed by atoms with Gasteiger partial charge in [0.1, 0.15) is 23.7 Å². The van der Waals surface area contributed by atoms with E-state index in [1.54, 1.807) is 11.8 Å². The molecule has 11 heteroatoms. The third-order valence-corrected chi connectivity index (χ3v) is 6.60. The van der Waals surface area contributed by atoms with Crippen LogP contribution < -0.4 is 4.74 Å². The van der Waals surface area contributed by atoms with E-state index in [4.69, 9.17) is 4.74 Å². The molecule has 5 aromatic rings. The monoisotopic (exact) mass is 496 g/mol. The van der Waals surface area contributed by atoms with Gasteiger partial charge in [-0.3, -0.25) is 9.59 Å². The molecule has 1 amide bonds. The number of aromatic nitrogens is 7. The minimum Gasteiger partial charge on any atom is -0.494 e. The summed E-state index contributed by atoms with van der Waals surface area (Å²) >= 11 is 0. The summed E-state index contributed by atoms with van der Waals surface area (Å²) < 4.78 is 9.10. The summed E-state index contributed by atoms with van der Waals surface area (Å²) in [6.07, 6.45) is 6.39. The number of Topliss-reactive ketones (excluding diaryl/α,β-unsaturated/α-hetero) is 1. The molecule has 0 saturated carbocycles. The van der Waals surface area contributed by atoms with Crippen LogP contribution in [0.5, 0.6) is 5.75 Å². The Labute approximate surface area is 211 Å². The lowest BCUT2D eigenvalue weighted by Gasteiger charge is -2.28. The lowest BCUT2D eigenvalue weighted by molar-refractivity contribution is -0.127. The highest BCUT2D eigenvalue weighted by Gasteiger charge is 2.31. The van der Waals surface area contributed by atoms with Gasteiger partial charge in [0.15, 0.2) is 5.82 Å². The SMILES string of the molecule is COc1cnc(-n2cnc(C)n2)c2[nH]cc(C(=O)C(=O)N3CCn4c(-c5cccc(C)c5)cnc4C3)c12. The van der Waals surface area contributed by atoms with E-state index in [0.717, 1.165) is 22.6 Å². The molecule has 1 N–H and O–H groups in total. The third kappa shape index (κ3) is 3.75. The van der Waals surface area contributed by atoms with Gasteiger partial charge in [-0.1, -0.05) is 23.8 Å². The average molecular weight is 497 g/mol. The van der Waals surface area contributed by atoms with Crippen molar-refractivity contribution in [3.05, 3.63) is 72.0 Å². The summed E-state index contributed by atoms with van der Waals surface area (Å²) in [5.74, 6) is 0.933. The van der Waals surface area contributed by atoms with Crippen LogP contribution in [0.4, 0.5) is 0 Å². The molecular weight excluding hydrogens is 472 g/mol. The van der Waals surface area contributed by atoms with E-state index in [9.17, 15) is 9.59 Å². The molecule has 0 radical (unpaired) electrons. The smallest absolute Gasteiger partial charge is 0.295 e. The van der Waals surface area contributed by atoms with Crippen LogP contribution in [-0.4, -0.2) is 64.5 Å². The summed E-state index contributed by atoms with van der Waals surface area (Å²) in [4.78, 5) is 44.6. The average Bonchev–Trinajstić information content (AvgIpc) is 3.65. The van der Waals surface area contributed by atoms with Crippen LogP contribution in [0.25, 0.3) is 28.0 Å². The van der Waals surface area contributed by atoms with Crippen LogP contribution in [0, 0.1) is 13.8 Å². The van der Waals surface area contributed by atoms with Crippen molar-refractivity contribution in [2.45, 2.75) is 26.9 Å². The molecule has 4 aromatic heterocycles. The molecule has 1 aromatic carbocycles. The van der Waals surface area contributed by atoms with Crippen LogP contribution in [-0.2, 0) is 17.9 Å². The normalized spacial score (nSPS) is 13.1. The number of amides is 1. The summed E-state index contributed by atoms with van der Waals surface area (Å²) in [6, 6.07) is 8.23. The van der Waals surface area contributed by atoms with Gasteiger partial charge in [-0.2, -0.15) is 5.10 Å². The van der Waals surface area contributed by atoms with Crippen LogP contribution in [0.2, 0.25) is 0 Å². The number of rotatable bonds is 5. The quantitative estimate of drug-likeness (QED) is 0.293. The van der Waals surface area contributed by atoms with E-state index >= 15 is 0 Å². The Morgan fingerprint density at radius 1 is 1.08 bits per heavy atom. The molecule has 186 valence electrons. The molecule has 0 aliphatic carbocycles. The number of benzene rings is 1. The molecule has 0 bridgehead atoms. The van der Waals surface area contributed by atoms with Crippen LogP contribution >= 0.6 is 0 Å². The minimum absolute atomic E-state index is 0.215. The standard InChI is InChI=1S/C26H24N8O3/c1-15-5-4-6-17(9-15)19-11-27-21-13-32(7-8-33(19)21)26(36)24(35)18-10-28-23-22(18)20(37-3)12-29-25(23)34-14-30-16(2)31-34/h4-6,9-12,14,28H,7-8,13H2,1-3H3. The number of nitrogens with zero attached hydrogens (tertiary/aromatic N) is 7. The fourth-order valence-corrected chi connectivity index (χ4v) is 4.79. The van der Waals surface area contributed by atoms with E-state index in [1.165, 1.54) is 30.5 Å². The molecule has 0 atom stereocenters. The van der Waals surface area contributed by atoms with Gasteiger partial charge < -0.3 is 19.2 Å². The van der Waals surface area contributed by atoms with Gasteiger partial charge in [-0.05, 0) is 19.9 Å². The van der Waals surface area contributed by atoms with Crippen LogP contribution in [0.15, 0.2) is 49.2 Å². The number of ether oxygens (including phenoxy) is 1. The van der Waals surface area contributed by atoms with E-state index < -0.39 is 11.7 Å². The number of methoxy groups -OCH3 is 1. The number of carbonyl (C=O) groups excluding carboxylic acids is 2. The second-order valence-electron chi connectivity index (χ2n) is 8.98. The Morgan fingerprint density at radius 2 is 1.95 bits per heavy atom. The Morgan fingerprint density at radius 3 is 2.70 bits per heavy atom. The van der Waals surface area contributed by atoms with Gasteiger partial charge in [0.2, 0.25) is 0 Å². The first kappa shape index (κ1) is 22.7. The number of carbonyl (C=O) groups is 2. The highest BCUT2D eigenvalue weighted by molar-refractivity contribution is 6.45. The van der Waals surface area contributed by atoms with Crippen molar-refractivity contribution in [3.8, 4) is 22.8 Å². The molecule has 6 rings (SSSR count). The fourth-order valence-electron chi connectivity index (χ4n) is 4.79. The van der Waals surface area contributed by atoms with Crippen molar-refractivity contribution >= 4 is 22.6 Å². The van der Waals surface area contributed by atoms with Crippen molar-refractivity contribution in [2.24, 2.45) is 0 Å². The molecule has 0 spiro atoms. The molecule has 11 nitrogen and oxygen atoms in total. The lowest BCUT2D eigenvalue weighted by atomic mass is 10.1. The van der Waals surface area contributed by atoms with Gasteiger partial charge in [0.05, 0.1) is 48.2 Å². The Kier molecular flexibility index (Phi) is 5.32. The second kappa shape index (κ2) is 8.70. The number of aryl methyl sites for hydroxylation is 2. The highest BCUT2D eigenvalue weighted by Crippen LogP contribution is 2.32. The zero-order chi connectivity index (χ0) is 25.7. The fraction of sp³-hybridized carbons (Fsp3) is 0.231. The molecule has 0 saturated heterocycles. The minimum atomic E-state index is -0.629. The van der Waals surface area contributed by atoms with Gasteiger partial charge in [0, 0.05) is 24.8 Å². The van der Waals surface area contributed by atoms with Crippen LogP contribution in [0.1, 0.15) is 27.6 Å². The third-order valence-electron chi connectivity index (χ3n) is 6.60. The summed E-state index contributed by atoms with van der Waals surface area (Å²) in [7, 11) is 1.50. The van der Waals surface area contributed by atoms with E-state index in [0.29, 0.717) is 41.4 Å². The molecule has 37 heavy (non-hydrogen) atoms. The van der Waals surface area contributed by atoms with Gasteiger partial charge in [-0.25, -0.2) is 19.6 Å². The highest BCUT2D eigenvalue weighted by atomic mass is 16.5. The maximum absolute atomic E-state index is 13.5. The van der Waals surface area contributed by atoms with Crippen molar-refractivity contribution in [2.75, 3.05) is 13.7 Å². The number of fused-ring (bicyclic) bond motifs is 2. The van der Waals surface area contributed by atoms with Gasteiger partial charge in [-0.15, -0.1) is 0 Å². The van der Waals surface area contributed by atoms with E-state index in [2.05, 4.69) is 48.7 Å². The lowest BCUT2D eigenvalue weighted by Crippen LogP contribution is -2.42. The number of hydrogen-bond donors (Lipinski definition) is 1. The first-order valence-corrected chi connectivity index (χ1v) is 11.8. The maximum Gasteiger partial charge on any atom is 0.295 e. The number of H-pyrrole nitrogens is 1. The largest absolute Gasteiger partial charge is 0.494 e. The van der Waals surface area contributed by atoms with Crippen molar-refractivity contribution in [1.29, 1.82) is 0 Å². The molecule has 1 aliphatic heterocycles. The molecule has 1 aliphatic rings. The maximum atomic E-state index is 13.5.